The molecule has 0 radical (unpaired) electrons. The first-order chi connectivity index (χ1) is 7.78. The summed E-state index contributed by atoms with van der Waals surface area (Å²) in [6.07, 6.45) is 1.10. The minimum absolute atomic E-state index is 1.10. The Kier molecular flexibility index (Phi) is 4.08. The second-order valence-corrected chi connectivity index (χ2v) is 5.62. The molecule has 2 heteroatoms. The number of aryl methyl sites for hydroxylation is 1. The van der Waals surface area contributed by atoms with Crippen LogP contribution in [0.2, 0.25) is 0 Å². The molecule has 0 heterocycles. The average Bonchev–Trinajstić information content (AvgIpc) is 2.33. The van der Waals surface area contributed by atoms with E-state index in [0.29, 0.717) is 0 Å². The quantitative estimate of drug-likeness (QED) is 0.753. The second-order valence-electron chi connectivity index (χ2n) is 3.55. The SMILES string of the molecule is CCc1ccc(Sc2ccc(Br)cc2)cc1. The van der Waals surface area contributed by atoms with Crippen molar-refractivity contribution in [2.75, 3.05) is 0 Å². The largest absolute Gasteiger partial charge is 0.0901 e. The van der Waals surface area contributed by atoms with E-state index in [1.54, 1.807) is 11.8 Å². The second kappa shape index (κ2) is 5.55. The highest BCUT2D eigenvalue weighted by Crippen LogP contribution is 2.28. The van der Waals surface area contributed by atoms with Crippen molar-refractivity contribution in [1.29, 1.82) is 0 Å². The van der Waals surface area contributed by atoms with Crippen molar-refractivity contribution in [2.45, 2.75) is 23.1 Å². The maximum atomic E-state index is 3.44. The van der Waals surface area contributed by atoms with Crippen LogP contribution in [-0.4, -0.2) is 0 Å². The summed E-state index contributed by atoms with van der Waals surface area (Å²) in [5, 5.41) is 0. The summed E-state index contributed by atoms with van der Waals surface area (Å²) in [5.41, 5.74) is 1.39. The van der Waals surface area contributed by atoms with Crippen LogP contribution in [-0.2, 0) is 6.42 Å². The van der Waals surface area contributed by atoms with Gasteiger partial charge in [-0.1, -0.05) is 46.7 Å². The van der Waals surface area contributed by atoms with E-state index in [9.17, 15) is 0 Å². The van der Waals surface area contributed by atoms with E-state index < -0.39 is 0 Å². The Hall–Kier alpha value is -0.730. The molecule has 0 saturated heterocycles. The van der Waals surface area contributed by atoms with Crippen molar-refractivity contribution in [3.63, 3.8) is 0 Å². The summed E-state index contributed by atoms with van der Waals surface area (Å²) in [4.78, 5) is 2.56. The Morgan fingerprint density at radius 1 is 0.875 bits per heavy atom. The predicted molar refractivity (Wildman–Crippen MR) is 74.1 cm³/mol. The highest BCUT2D eigenvalue weighted by molar-refractivity contribution is 9.10. The van der Waals surface area contributed by atoms with Gasteiger partial charge in [-0.05, 0) is 48.4 Å². The van der Waals surface area contributed by atoms with Crippen LogP contribution in [0.1, 0.15) is 12.5 Å². The van der Waals surface area contributed by atoms with Crippen LogP contribution < -0.4 is 0 Å². The number of rotatable bonds is 3. The molecule has 0 bridgehead atoms. The maximum absolute atomic E-state index is 3.44. The van der Waals surface area contributed by atoms with Crippen molar-refractivity contribution < 1.29 is 0 Å². The third-order valence-corrected chi connectivity index (χ3v) is 3.93. The zero-order valence-corrected chi connectivity index (χ0v) is 11.5. The third kappa shape index (κ3) is 3.13. The number of halogens is 1. The van der Waals surface area contributed by atoms with E-state index in [2.05, 4.69) is 71.4 Å². The highest BCUT2D eigenvalue weighted by atomic mass is 79.9. The van der Waals surface area contributed by atoms with Gasteiger partial charge >= 0.3 is 0 Å². The molecule has 0 aromatic heterocycles. The van der Waals surface area contributed by atoms with Gasteiger partial charge in [-0.3, -0.25) is 0 Å². The van der Waals surface area contributed by atoms with Crippen LogP contribution in [0.5, 0.6) is 0 Å². The third-order valence-electron chi connectivity index (χ3n) is 2.38. The Morgan fingerprint density at radius 2 is 1.38 bits per heavy atom. The minimum atomic E-state index is 1.10. The molecular weight excluding hydrogens is 280 g/mol. The van der Waals surface area contributed by atoms with Gasteiger partial charge in [0.25, 0.3) is 0 Å². The van der Waals surface area contributed by atoms with Gasteiger partial charge in [-0.2, -0.15) is 0 Å². The maximum Gasteiger partial charge on any atom is 0.0176 e. The summed E-state index contributed by atoms with van der Waals surface area (Å²) < 4.78 is 1.12. The minimum Gasteiger partial charge on any atom is -0.0901 e. The molecule has 0 unspecified atom stereocenters. The summed E-state index contributed by atoms with van der Waals surface area (Å²) in [5.74, 6) is 0. The van der Waals surface area contributed by atoms with Gasteiger partial charge in [0.1, 0.15) is 0 Å². The monoisotopic (exact) mass is 292 g/mol. The van der Waals surface area contributed by atoms with Gasteiger partial charge in [0.2, 0.25) is 0 Å². The van der Waals surface area contributed by atoms with Crippen molar-refractivity contribution in [1.82, 2.24) is 0 Å². The molecule has 0 nitrogen and oxygen atoms in total. The predicted octanol–water partition coefficient (Wildman–Crippen LogP) is 5.16. The van der Waals surface area contributed by atoms with E-state index >= 15 is 0 Å². The lowest BCUT2D eigenvalue weighted by Gasteiger charge is -2.03. The first-order valence-electron chi connectivity index (χ1n) is 5.30. The molecule has 0 N–H and O–H groups in total. The van der Waals surface area contributed by atoms with Crippen LogP contribution in [0, 0.1) is 0 Å². The smallest absolute Gasteiger partial charge is 0.0176 e. The molecule has 0 amide bonds. The topological polar surface area (TPSA) is 0 Å². The molecule has 2 aromatic rings. The number of benzene rings is 2. The normalized spacial score (nSPS) is 10.4. The lowest BCUT2D eigenvalue weighted by molar-refractivity contribution is 1.13. The van der Waals surface area contributed by atoms with Gasteiger partial charge in [-0.15, -0.1) is 0 Å². The first-order valence-corrected chi connectivity index (χ1v) is 6.91. The fourth-order valence-electron chi connectivity index (χ4n) is 1.43. The fourth-order valence-corrected chi connectivity index (χ4v) is 2.51. The Balaban J connectivity index is 2.11. The van der Waals surface area contributed by atoms with Gasteiger partial charge in [0, 0.05) is 14.3 Å². The molecule has 0 atom stereocenters. The summed E-state index contributed by atoms with van der Waals surface area (Å²) in [6, 6.07) is 17.2. The molecule has 0 fully saturated rings. The Labute approximate surface area is 109 Å². The highest BCUT2D eigenvalue weighted by Gasteiger charge is 1.97. The Bertz CT molecular complexity index is 445. The number of hydrogen-bond acceptors (Lipinski definition) is 1. The zero-order chi connectivity index (χ0) is 11.4. The van der Waals surface area contributed by atoms with E-state index in [-0.39, 0.29) is 0 Å². The van der Waals surface area contributed by atoms with E-state index in [1.807, 2.05) is 0 Å². The van der Waals surface area contributed by atoms with E-state index in [4.69, 9.17) is 0 Å². The molecule has 2 rings (SSSR count). The van der Waals surface area contributed by atoms with Crippen LogP contribution in [0.15, 0.2) is 62.8 Å². The lowest BCUT2D eigenvalue weighted by Crippen LogP contribution is -1.79. The van der Waals surface area contributed by atoms with Crippen LogP contribution in [0.4, 0.5) is 0 Å². The van der Waals surface area contributed by atoms with Crippen LogP contribution in [0.25, 0.3) is 0 Å². The Morgan fingerprint density at radius 3 is 1.88 bits per heavy atom. The molecule has 0 aliphatic rings. The van der Waals surface area contributed by atoms with Gasteiger partial charge in [0.05, 0.1) is 0 Å². The molecule has 0 saturated carbocycles. The molecular formula is C14H13BrS. The summed E-state index contributed by atoms with van der Waals surface area (Å²) >= 11 is 5.24. The summed E-state index contributed by atoms with van der Waals surface area (Å²) in [7, 11) is 0. The molecule has 0 aliphatic carbocycles. The van der Waals surface area contributed by atoms with Crippen molar-refractivity contribution >= 4 is 27.7 Å². The van der Waals surface area contributed by atoms with Crippen molar-refractivity contribution in [3.05, 3.63) is 58.6 Å². The number of hydrogen-bond donors (Lipinski definition) is 0. The van der Waals surface area contributed by atoms with Crippen LogP contribution in [0.3, 0.4) is 0 Å². The first kappa shape index (κ1) is 11.7. The van der Waals surface area contributed by atoms with Crippen LogP contribution >= 0.6 is 27.7 Å². The van der Waals surface area contributed by atoms with Gasteiger partial charge in [-0.25, -0.2) is 0 Å². The zero-order valence-electron chi connectivity index (χ0n) is 9.11. The lowest BCUT2D eigenvalue weighted by atomic mass is 10.2. The van der Waals surface area contributed by atoms with E-state index in [0.717, 1.165) is 10.9 Å². The molecule has 16 heavy (non-hydrogen) atoms. The van der Waals surface area contributed by atoms with Crippen molar-refractivity contribution in [2.24, 2.45) is 0 Å². The van der Waals surface area contributed by atoms with Gasteiger partial charge < -0.3 is 0 Å². The molecule has 2 aromatic carbocycles. The standard InChI is InChI=1S/C14H13BrS/c1-2-11-3-7-13(8-4-11)16-14-9-5-12(15)6-10-14/h3-10H,2H2,1H3. The molecule has 82 valence electrons. The van der Waals surface area contributed by atoms with E-state index in [1.165, 1.54) is 15.4 Å². The molecule has 0 spiro atoms. The average molecular weight is 293 g/mol. The summed E-state index contributed by atoms with van der Waals surface area (Å²) in [6.45, 7) is 2.18. The fraction of sp³-hybridized carbons (Fsp3) is 0.143. The molecule has 0 aliphatic heterocycles. The van der Waals surface area contributed by atoms with Gasteiger partial charge in [0.15, 0.2) is 0 Å². The van der Waals surface area contributed by atoms with Crippen molar-refractivity contribution in [3.8, 4) is 0 Å².